The summed E-state index contributed by atoms with van der Waals surface area (Å²) in [6.07, 6.45) is 3.39. The maximum Gasteiger partial charge on any atom is 0.174 e. The Kier molecular flexibility index (Phi) is 3.90. The van der Waals surface area contributed by atoms with Crippen LogP contribution in [0.3, 0.4) is 0 Å². The maximum atomic E-state index is 13.5. The highest BCUT2D eigenvalue weighted by Gasteiger charge is 2.39. The molecular formula is C19H16FNO2. The highest BCUT2D eigenvalue weighted by atomic mass is 19.1. The van der Waals surface area contributed by atoms with E-state index in [-0.39, 0.29) is 23.8 Å². The van der Waals surface area contributed by atoms with E-state index in [2.05, 4.69) is 4.98 Å². The van der Waals surface area contributed by atoms with E-state index in [9.17, 15) is 14.0 Å². The molecule has 0 spiro atoms. The van der Waals surface area contributed by atoms with Gasteiger partial charge < -0.3 is 0 Å². The molecule has 1 aromatic carbocycles. The van der Waals surface area contributed by atoms with Crippen molar-refractivity contribution >= 4 is 17.6 Å². The fourth-order valence-corrected chi connectivity index (χ4v) is 3.14. The molecule has 0 amide bonds. The molecule has 1 aromatic heterocycles. The van der Waals surface area contributed by atoms with Crippen molar-refractivity contribution in [1.29, 1.82) is 0 Å². The number of rotatable bonds is 2. The Bertz CT molecular complexity index is 802. The van der Waals surface area contributed by atoms with Crippen LogP contribution in [0.2, 0.25) is 0 Å². The Balaban J connectivity index is 2.02. The Hall–Kier alpha value is -2.62. The molecule has 0 radical (unpaired) electrons. The monoisotopic (exact) mass is 309 g/mol. The standard InChI is InChI=1S/C19H16FNO2/c1-11-7-14(20)8-12(2)17(11)18-16(22)10-13(19(18)23)9-15-5-3-4-6-21-15/h3-9,18H,10H2,1-2H3/b13-9+. The van der Waals surface area contributed by atoms with Gasteiger partial charge in [-0.2, -0.15) is 0 Å². The number of nitrogens with zero attached hydrogens (tertiary/aromatic N) is 1. The average molecular weight is 309 g/mol. The Morgan fingerprint density at radius 1 is 1.17 bits per heavy atom. The van der Waals surface area contributed by atoms with Gasteiger partial charge in [0.05, 0.1) is 5.69 Å². The summed E-state index contributed by atoms with van der Waals surface area (Å²) in [4.78, 5) is 29.3. The third kappa shape index (κ3) is 2.84. The van der Waals surface area contributed by atoms with E-state index in [1.165, 1.54) is 12.1 Å². The minimum atomic E-state index is -0.828. The third-order valence-electron chi connectivity index (χ3n) is 4.12. The molecule has 23 heavy (non-hydrogen) atoms. The molecule has 1 fully saturated rings. The Morgan fingerprint density at radius 3 is 2.48 bits per heavy atom. The zero-order valence-corrected chi connectivity index (χ0v) is 13.0. The van der Waals surface area contributed by atoms with E-state index in [1.807, 2.05) is 6.07 Å². The molecule has 1 aliphatic carbocycles. The zero-order valence-electron chi connectivity index (χ0n) is 13.0. The molecule has 3 rings (SSSR count). The average Bonchev–Trinajstić information content (AvgIpc) is 2.75. The van der Waals surface area contributed by atoms with Crippen molar-refractivity contribution in [3.63, 3.8) is 0 Å². The lowest BCUT2D eigenvalue weighted by Crippen LogP contribution is -2.15. The van der Waals surface area contributed by atoms with Gasteiger partial charge in [0.2, 0.25) is 0 Å². The number of ketones is 2. The second-order valence-electron chi connectivity index (χ2n) is 5.82. The van der Waals surface area contributed by atoms with Crippen molar-refractivity contribution in [3.05, 3.63) is 70.3 Å². The molecule has 1 aliphatic rings. The number of hydrogen-bond acceptors (Lipinski definition) is 3. The number of pyridine rings is 1. The van der Waals surface area contributed by atoms with Gasteiger partial charge in [-0.15, -0.1) is 0 Å². The van der Waals surface area contributed by atoms with E-state index in [0.29, 0.717) is 28.0 Å². The largest absolute Gasteiger partial charge is 0.298 e. The van der Waals surface area contributed by atoms with Gasteiger partial charge in [0.1, 0.15) is 11.7 Å². The summed E-state index contributed by atoms with van der Waals surface area (Å²) in [5, 5.41) is 0. The molecule has 4 heteroatoms. The lowest BCUT2D eigenvalue weighted by atomic mass is 9.88. The van der Waals surface area contributed by atoms with Crippen LogP contribution in [0.15, 0.2) is 42.1 Å². The lowest BCUT2D eigenvalue weighted by molar-refractivity contribution is -0.123. The van der Waals surface area contributed by atoms with Crippen LogP contribution >= 0.6 is 0 Å². The van der Waals surface area contributed by atoms with Gasteiger partial charge in [0, 0.05) is 18.2 Å². The molecule has 0 N–H and O–H groups in total. The molecule has 0 saturated heterocycles. The fourth-order valence-electron chi connectivity index (χ4n) is 3.14. The second-order valence-corrected chi connectivity index (χ2v) is 5.82. The molecule has 2 aromatic rings. The Labute approximate surface area is 133 Å². The number of hydrogen-bond donors (Lipinski definition) is 0. The number of Topliss-reactive ketones (excluding diaryl/α,β-unsaturated/α-hetero) is 2. The topological polar surface area (TPSA) is 47.0 Å². The zero-order chi connectivity index (χ0) is 16.6. The summed E-state index contributed by atoms with van der Waals surface area (Å²) in [5.41, 5.74) is 3.01. The minimum Gasteiger partial charge on any atom is -0.298 e. The number of aryl methyl sites for hydroxylation is 2. The molecular weight excluding hydrogens is 293 g/mol. The second kappa shape index (κ2) is 5.88. The quantitative estimate of drug-likeness (QED) is 0.629. The van der Waals surface area contributed by atoms with Crippen molar-refractivity contribution in [3.8, 4) is 0 Å². The number of carbonyl (C=O) groups excluding carboxylic acids is 2. The predicted octanol–water partition coefficient (Wildman–Crippen LogP) is 3.55. The summed E-state index contributed by atoms with van der Waals surface area (Å²) < 4.78 is 13.5. The smallest absolute Gasteiger partial charge is 0.174 e. The molecule has 0 aliphatic heterocycles. The summed E-state index contributed by atoms with van der Waals surface area (Å²) in [6.45, 7) is 3.46. The highest BCUT2D eigenvalue weighted by molar-refractivity contribution is 6.24. The third-order valence-corrected chi connectivity index (χ3v) is 4.12. The van der Waals surface area contributed by atoms with Crippen LogP contribution in [0.1, 0.15) is 34.7 Å². The van der Waals surface area contributed by atoms with Gasteiger partial charge in [-0.25, -0.2) is 4.39 Å². The van der Waals surface area contributed by atoms with Gasteiger partial charge in [-0.05, 0) is 60.9 Å². The molecule has 0 bridgehead atoms. The van der Waals surface area contributed by atoms with E-state index < -0.39 is 5.92 Å². The molecule has 1 unspecified atom stereocenters. The van der Waals surface area contributed by atoms with E-state index in [1.54, 1.807) is 38.3 Å². The maximum absolute atomic E-state index is 13.5. The van der Waals surface area contributed by atoms with Crippen LogP contribution in [0.25, 0.3) is 6.08 Å². The van der Waals surface area contributed by atoms with Crippen LogP contribution in [0.5, 0.6) is 0 Å². The molecule has 116 valence electrons. The van der Waals surface area contributed by atoms with E-state index >= 15 is 0 Å². The first-order chi connectivity index (χ1) is 11.0. The van der Waals surface area contributed by atoms with Gasteiger partial charge in [-0.1, -0.05) is 6.07 Å². The van der Waals surface area contributed by atoms with Crippen molar-refractivity contribution in [2.75, 3.05) is 0 Å². The van der Waals surface area contributed by atoms with Crippen LogP contribution in [0.4, 0.5) is 4.39 Å². The molecule has 1 heterocycles. The predicted molar refractivity (Wildman–Crippen MR) is 85.5 cm³/mol. The van der Waals surface area contributed by atoms with Crippen LogP contribution in [0, 0.1) is 19.7 Å². The summed E-state index contributed by atoms with van der Waals surface area (Å²) in [7, 11) is 0. The van der Waals surface area contributed by atoms with Crippen molar-refractivity contribution in [2.24, 2.45) is 0 Å². The van der Waals surface area contributed by atoms with Crippen molar-refractivity contribution < 1.29 is 14.0 Å². The van der Waals surface area contributed by atoms with Crippen molar-refractivity contribution in [2.45, 2.75) is 26.2 Å². The number of halogens is 1. The number of benzene rings is 1. The Morgan fingerprint density at radius 2 is 1.87 bits per heavy atom. The minimum absolute atomic E-state index is 0.0936. The van der Waals surface area contributed by atoms with Gasteiger partial charge in [-0.3, -0.25) is 14.6 Å². The highest BCUT2D eigenvalue weighted by Crippen LogP contribution is 2.36. The van der Waals surface area contributed by atoms with Gasteiger partial charge in [0.25, 0.3) is 0 Å². The van der Waals surface area contributed by atoms with Crippen LogP contribution in [-0.4, -0.2) is 16.6 Å². The van der Waals surface area contributed by atoms with Gasteiger partial charge in [0.15, 0.2) is 11.6 Å². The number of allylic oxidation sites excluding steroid dienone is 1. The molecule has 1 saturated carbocycles. The normalized spacial score (nSPS) is 19.6. The molecule has 1 atom stereocenters. The number of aromatic nitrogens is 1. The van der Waals surface area contributed by atoms with Gasteiger partial charge >= 0.3 is 0 Å². The SMILES string of the molecule is Cc1cc(F)cc(C)c1C1C(=O)C/C(=C\c2ccccn2)C1=O. The van der Waals surface area contributed by atoms with Crippen LogP contribution in [-0.2, 0) is 9.59 Å². The summed E-state index contributed by atoms with van der Waals surface area (Å²) in [5.74, 6) is -1.54. The molecule has 3 nitrogen and oxygen atoms in total. The summed E-state index contributed by atoms with van der Waals surface area (Å²) in [6, 6.07) is 8.13. The first kappa shape index (κ1) is 15.3. The van der Waals surface area contributed by atoms with E-state index in [4.69, 9.17) is 0 Å². The summed E-state index contributed by atoms with van der Waals surface area (Å²) >= 11 is 0. The lowest BCUT2D eigenvalue weighted by Gasteiger charge is -2.14. The fraction of sp³-hybridized carbons (Fsp3) is 0.211. The van der Waals surface area contributed by atoms with E-state index in [0.717, 1.165) is 0 Å². The first-order valence-corrected chi connectivity index (χ1v) is 7.42. The first-order valence-electron chi connectivity index (χ1n) is 7.42. The van der Waals surface area contributed by atoms with Crippen molar-refractivity contribution in [1.82, 2.24) is 4.98 Å². The number of carbonyl (C=O) groups is 2. The van der Waals surface area contributed by atoms with Crippen LogP contribution < -0.4 is 0 Å².